The summed E-state index contributed by atoms with van der Waals surface area (Å²) in [6.45, 7) is 0. The molecule has 1 aromatic heterocycles. The van der Waals surface area contributed by atoms with Gasteiger partial charge in [-0.1, -0.05) is 32.1 Å². The molecule has 0 bridgehead atoms. The van der Waals surface area contributed by atoms with Crippen molar-refractivity contribution in [2.75, 3.05) is 18.2 Å². The highest BCUT2D eigenvalue weighted by Gasteiger charge is 2.23. The van der Waals surface area contributed by atoms with Crippen LogP contribution in [0.3, 0.4) is 0 Å². The van der Waals surface area contributed by atoms with E-state index in [0.717, 1.165) is 11.6 Å². The predicted octanol–water partition coefficient (Wildman–Crippen LogP) is 3.47. The lowest BCUT2D eigenvalue weighted by Gasteiger charge is -2.23. The fourth-order valence-electron chi connectivity index (χ4n) is 3.54. The van der Waals surface area contributed by atoms with E-state index in [0.29, 0.717) is 23.5 Å². The van der Waals surface area contributed by atoms with Crippen LogP contribution < -0.4 is 15.8 Å². The molecule has 3 N–H and O–H groups in total. The molecule has 5 heteroatoms. The first-order chi connectivity index (χ1) is 10.3. The number of nitrogens with zero attached hydrogens (tertiary/aromatic N) is 2. The number of hydrogen-bond acceptors (Lipinski definition) is 5. The van der Waals surface area contributed by atoms with Gasteiger partial charge in [-0.05, 0) is 25.7 Å². The zero-order chi connectivity index (χ0) is 14.7. The number of nitrogens with one attached hydrogen (secondary N) is 1. The zero-order valence-corrected chi connectivity index (χ0v) is 12.9. The maximum atomic E-state index is 6.16. The largest absolute Gasteiger partial charge is 0.479 e. The van der Waals surface area contributed by atoms with Crippen LogP contribution in [0.15, 0.2) is 0 Å². The van der Waals surface area contributed by atoms with Gasteiger partial charge >= 0.3 is 0 Å². The van der Waals surface area contributed by atoms with Gasteiger partial charge in [-0.25, -0.2) is 4.98 Å². The third kappa shape index (κ3) is 3.22. The highest BCUT2D eigenvalue weighted by Crippen LogP contribution is 2.35. The normalized spacial score (nSPS) is 20.6. The molecule has 3 rings (SSSR count). The van der Waals surface area contributed by atoms with Crippen LogP contribution in [0.4, 0.5) is 11.5 Å². The van der Waals surface area contributed by atoms with E-state index < -0.39 is 0 Å². The molecule has 5 nitrogen and oxygen atoms in total. The molecule has 0 spiro atoms. The van der Waals surface area contributed by atoms with Crippen molar-refractivity contribution >= 4 is 11.5 Å². The summed E-state index contributed by atoms with van der Waals surface area (Å²) in [5.41, 5.74) is 6.70. The second kappa shape index (κ2) is 6.50. The van der Waals surface area contributed by atoms with Gasteiger partial charge in [0, 0.05) is 12.0 Å². The monoisotopic (exact) mass is 290 g/mol. The Labute approximate surface area is 126 Å². The highest BCUT2D eigenvalue weighted by molar-refractivity contribution is 5.67. The maximum absolute atomic E-state index is 6.16. The SMILES string of the molecule is COc1nc(C2CCCCC2)nc(NC2CCCC2)c1N. The van der Waals surface area contributed by atoms with Crippen molar-refractivity contribution in [3.63, 3.8) is 0 Å². The average Bonchev–Trinajstić information content (AvgIpc) is 3.03. The Bertz CT molecular complexity index is 479. The van der Waals surface area contributed by atoms with E-state index in [1.807, 2.05) is 0 Å². The number of rotatable bonds is 4. The smallest absolute Gasteiger partial charge is 0.242 e. The van der Waals surface area contributed by atoms with Crippen molar-refractivity contribution < 1.29 is 4.74 Å². The van der Waals surface area contributed by atoms with Crippen molar-refractivity contribution in [1.29, 1.82) is 0 Å². The van der Waals surface area contributed by atoms with Crippen LogP contribution in [0, 0.1) is 0 Å². The fourth-order valence-corrected chi connectivity index (χ4v) is 3.54. The fraction of sp³-hybridized carbons (Fsp3) is 0.750. The molecule has 2 aliphatic carbocycles. The van der Waals surface area contributed by atoms with Crippen LogP contribution in [0.25, 0.3) is 0 Å². The third-order valence-electron chi connectivity index (χ3n) is 4.79. The van der Waals surface area contributed by atoms with Gasteiger partial charge in [0.15, 0.2) is 5.82 Å². The Morgan fingerprint density at radius 1 is 1.00 bits per heavy atom. The van der Waals surface area contributed by atoms with Crippen molar-refractivity contribution in [2.45, 2.75) is 69.7 Å². The first kappa shape index (κ1) is 14.4. The lowest BCUT2D eigenvalue weighted by Crippen LogP contribution is -2.19. The molecule has 2 aliphatic rings. The van der Waals surface area contributed by atoms with E-state index in [9.17, 15) is 0 Å². The minimum absolute atomic E-state index is 0.456. The van der Waals surface area contributed by atoms with E-state index >= 15 is 0 Å². The Morgan fingerprint density at radius 2 is 1.67 bits per heavy atom. The van der Waals surface area contributed by atoms with Gasteiger partial charge in [-0.15, -0.1) is 0 Å². The summed E-state index contributed by atoms with van der Waals surface area (Å²) in [5, 5.41) is 3.51. The van der Waals surface area contributed by atoms with Crippen molar-refractivity contribution in [1.82, 2.24) is 9.97 Å². The van der Waals surface area contributed by atoms with Crippen LogP contribution in [0.5, 0.6) is 5.88 Å². The lowest BCUT2D eigenvalue weighted by molar-refractivity contribution is 0.385. The van der Waals surface area contributed by atoms with Gasteiger partial charge in [0.2, 0.25) is 5.88 Å². The van der Waals surface area contributed by atoms with Crippen LogP contribution in [-0.2, 0) is 0 Å². The van der Waals surface area contributed by atoms with Gasteiger partial charge in [-0.3, -0.25) is 0 Å². The predicted molar refractivity (Wildman–Crippen MR) is 84.7 cm³/mol. The number of aromatic nitrogens is 2. The second-order valence-corrected chi connectivity index (χ2v) is 6.31. The molecule has 0 unspecified atom stereocenters. The summed E-state index contributed by atoms with van der Waals surface area (Å²) < 4.78 is 5.37. The van der Waals surface area contributed by atoms with Crippen LogP contribution in [0.1, 0.15) is 69.5 Å². The molecule has 0 aliphatic heterocycles. The van der Waals surface area contributed by atoms with Crippen molar-refractivity contribution in [3.05, 3.63) is 5.82 Å². The number of anilines is 2. The minimum Gasteiger partial charge on any atom is -0.479 e. The van der Waals surface area contributed by atoms with Gasteiger partial charge in [0.05, 0.1) is 7.11 Å². The Hall–Kier alpha value is -1.52. The van der Waals surface area contributed by atoms with Gasteiger partial charge < -0.3 is 15.8 Å². The van der Waals surface area contributed by atoms with Crippen molar-refractivity contribution in [3.8, 4) is 5.88 Å². The molecule has 2 fully saturated rings. The maximum Gasteiger partial charge on any atom is 0.242 e. The minimum atomic E-state index is 0.456. The number of methoxy groups -OCH3 is 1. The molecular formula is C16H26N4O. The average molecular weight is 290 g/mol. The Balaban J connectivity index is 1.85. The van der Waals surface area contributed by atoms with E-state index in [1.54, 1.807) is 7.11 Å². The molecule has 21 heavy (non-hydrogen) atoms. The topological polar surface area (TPSA) is 73.1 Å². The summed E-state index contributed by atoms with van der Waals surface area (Å²) in [7, 11) is 1.63. The quantitative estimate of drug-likeness (QED) is 0.888. The van der Waals surface area contributed by atoms with E-state index in [4.69, 9.17) is 15.5 Å². The number of nitrogen functional groups attached to an aromatic ring is 1. The molecule has 0 atom stereocenters. The molecule has 1 heterocycles. The molecule has 0 aromatic carbocycles. The van der Waals surface area contributed by atoms with Gasteiger partial charge in [0.1, 0.15) is 11.5 Å². The number of ether oxygens (including phenoxy) is 1. The molecular weight excluding hydrogens is 264 g/mol. The van der Waals surface area contributed by atoms with Gasteiger partial charge in [0.25, 0.3) is 0 Å². The molecule has 2 saturated carbocycles. The van der Waals surface area contributed by atoms with E-state index in [2.05, 4.69) is 10.3 Å². The number of hydrogen-bond donors (Lipinski definition) is 2. The molecule has 0 amide bonds. The van der Waals surface area contributed by atoms with Gasteiger partial charge in [-0.2, -0.15) is 4.98 Å². The van der Waals surface area contributed by atoms with E-state index in [-0.39, 0.29) is 0 Å². The molecule has 0 saturated heterocycles. The summed E-state index contributed by atoms with van der Waals surface area (Å²) in [4.78, 5) is 9.29. The summed E-state index contributed by atoms with van der Waals surface area (Å²) in [5.74, 6) is 2.65. The summed E-state index contributed by atoms with van der Waals surface area (Å²) in [6, 6.07) is 0.492. The van der Waals surface area contributed by atoms with E-state index in [1.165, 1.54) is 57.8 Å². The van der Waals surface area contributed by atoms with Crippen LogP contribution >= 0.6 is 0 Å². The Kier molecular flexibility index (Phi) is 4.46. The zero-order valence-electron chi connectivity index (χ0n) is 12.9. The standard InChI is InChI=1S/C16H26N4O/c1-21-16-13(17)15(18-12-9-5-6-10-12)19-14(20-16)11-7-3-2-4-8-11/h11-12H,2-10,17H2,1H3,(H,18,19,20). The second-order valence-electron chi connectivity index (χ2n) is 6.31. The third-order valence-corrected chi connectivity index (χ3v) is 4.79. The lowest BCUT2D eigenvalue weighted by atomic mass is 9.88. The molecule has 0 radical (unpaired) electrons. The Morgan fingerprint density at radius 3 is 2.33 bits per heavy atom. The molecule has 1 aromatic rings. The van der Waals surface area contributed by atoms with Crippen molar-refractivity contribution in [2.24, 2.45) is 0 Å². The van der Waals surface area contributed by atoms with Crippen LogP contribution in [-0.4, -0.2) is 23.1 Å². The molecule has 116 valence electrons. The number of nitrogens with two attached hydrogens (primary N) is 1. The van der Waals surface area contributed by atoms with Crippen LogP contribution in [0.2, 0.25) is 0 Å². The first-order valence-corrected chi connectivity index (χ1v) is 8.26. The summed E-state index contributed by atoms with van der Waals surface area (Å²) in [6.07, 6.45) is 11.2. The first-order valence-electron chi connectivity index (χ1n) is 8.26. The summed E-state index contributed by atoms with van der Waals surface area (Å²) >= 11 is 0. The highest BCUT2D eigenvalue weighted by atomic mass is 16.5.